The van der Waals surface area contributed by atoms with Crippen molar-refractivity contribution in [1.82, 2.24) is 0 Å². The zero-order valence-corrected chi connectivity index (χ0v) is 17.8. The summed E-state index contributed by atoms with van der Waals surface area (Å²) in [6, 6.07) is 0. The van der Waals surface area contributed by atoms with Gasteiger partial charge in [-0.2, -0.15) is 0 Å². The molecule has 10 heteroatoms. The third-order valence-electron chi connectivity index (χ3n) is 3.93. The highest BCUT2D eigenvalue weighted by Crippen LogP contribution is 2.05. The van der Waals surface area contributed by atoms with Gasteiger partial charge in [-0.05, 0) is 39.5 Å². The van der Waals surface area contributed by atoms with Crippen molar-refractivity contribution in [3.63, 3.8) is 0 Å². The number of carbonyl (C=O) groups excluding carboxylic acids is 4. The molecule has 30 heavy (non-hydrogen) atoms. The molecule has 174 valence electrons. The molecule has 0 aliphatic rings. The molecule has 0 aromatic carbocycles. The number of aliphatic hydroxyl groups is 2. The Morgan fingerprint density at radius 3 is 1.33 bits per heavy atom. The van der Waals surface area contributed by atoms with Crippen LogP contribution >= 0.6 is 0 Å². The lowest BCUT2D eigenvalue weighted by Crippen LogP contribution is -2.29. The SMILES string of the molecule is CC(OC(=O)CCCCCO)C(=O)OCCOC(=O)C(C)OC(=O)CCCCCO. The molecule has 0 saturated carbocycles. The van der Waals surface area contributed by atoms with E-state index in [1.54, 1.807) is 0 Å². The minimum atomic E-state index is -1.09. The number of carbonyl (C=O) groups is 4. The van der Waals surface area contributed by atoms with Crippen LogP contribution in [-0.4, -0.2) is 72.7 Å². The maximum atomic E-state index is 11.8. The van der Waals surface area contributed by atoms with Gasteiger partial charge in [0.15, 0.2) is 12.2 Å². The van der Waals surface area contributed by atoms with Gasteiger partial charge in [0, 0.05) is 26.1 Å². The summed E-state index contributed by atoms with van der Waals surface area (Å²) in [6.45, 7) is 2.42. The van der Waals surface area contributed by atoms with Gasteiger partial charge in [-0.1, -0.05) is 12.8 Å². The lowest BCUT2D eigenvalue weighted by molar-refractivity contribution is -0.172. The average Bonchev–Trinajstić information content (AvgIpc) is 2.71. The van der Waals surface area contributed by atoms with E-state index < -0.39 is 36.1 Å². The second-order valence-corrected chi connectivity index (χ2v) is 6.67. The van der Waals surface area contributed by atoms with Crippen LogP contribution in [0.2, 0.25) is 0 Å². The van der Waals surface area contributed by atoms with Gasteiger partial charge >= 0.3 is 23.9 Å². The second-order valence-electron chi connectivity index (χ2n) is 6.67. The van der Waals surface area contributed by atoms with Gasteiger partial charge in [-0.25, -0.2) is 9.59 Å². The van der Waals surface area contributed by atoms with Gasteiger partial charge in [0.1, 0.15) is 13.2 Å². The molecule has 0 bridgehead atoms. The maximum Gasteiger partial charge on any atom is 0.347 e. The highest BCUT2D eigenvalue weighted by Gasteiger charge is 2.21. The smallest absolute Gasteiger partial charge is 0.347 e. The molecule has 2 atom stereocenters. The second kappa shape index (κ2) is 17.6. The fourth-order valence-electron chi connectivity index (χ4n) is 2.24. The Bertz CT molecular complexity index is 474. The standard InChI is InChI=1S/C20H34O10/c1-15(29-17(23)9-5-3-7-11-21)19(25)27-13-14-28-20(26)16(2)30-18(24)10-6-4-8-12-22/h15-16,21-22H,3-14H2,1-2H3. The first-order chi connectivity index (χ1) is 14.3. The van der Waals surface area contributed by atoms with Gasteiger partial charge in [0.2, 0.25) is 0 Å². The Labute approximate surface area is 176 Å². The molecule has 0 rings (SSSR count). The van der Waals surface area contributed by atoms with E-state index in [0.717, 1.165) is 0 Å². The van der Waals surface area contributed by atoms with E-state index >= 15 is 0 Å². The van der Waals surface area contributed by atoms with Crippen molar-refractivity contribution in [2.24, 2.45) is 0 Å². The van der Waals surface area contributed by atoms with E-state index in [4.69, 9.17) is 29.2 Å². The Hall–Kier alpha value is -2.20. The number of ether oxygens (including phenoxy) is 4. The van der Waals surface area contributed by atoms with Crippen LogP contribution in [0.5, 0.6) is 0 Å². The Balaban J connectivity index is 3.92. The van der Waals surface area contributed by atoms with Crippen molar-refractivity contribution < 1.29 is 48.3 Å². The van der Waals surface area contributed by atoms with Crippen molar-refractivity contribution in [2.75, 3.05) is 26.4 Å². The van der Waals surface area contributed by atoms with Crippen molar-refractivity contribution >= 4 is 23.9 Å². The Morgan fingerprint density at radius 1 is 0.633 bits per heavy atom. The van der Waals surface area contributed by atoms with Crippen LogP contribution in [0.15, 0.2) is 0 Å². The van der Waals surface area contributed by atoms with Crippen LogP contribution < -0.4 is 0 Å². The highest BCUT2D eigenvalue weighted by molar-refractivity contribution is 5.79. The molecule has 0 radical (unpaired) electrons. The van der Waals surface area contributed by atoms with Crippen molar-refractivity contribution in [3.8, 4) is 0 Å². The quantitative estimate of drug-likeness (QED) is 0.193. The van der Waals surface area contributed by atoms with E-state index in [1.165, 1.54) is 13.8 Å². The number of hydrogen-bond donors (Lipinski definition) is 2. The molecule has 0 fully saturated rings. The summed E-state index contributed by atoms with van der Waals surface area (Å²) in [5, 5.41) is 17.3. The topological polar surface area (TPSA) is 146 Å². The first-order valence-electron chi connectivity index (χ1n) is 10.3. The molecule has 0 saturated heterocycles. The molecule has 10 nitrogen and oxygen atoms in total. The van der Waals surface area contributed by atoms with Crippen LogP contribution in [-0.2, 0) is 38.1 Å². The summed E-state index contributed by atoms with van der Waals surface area (Å²) >= 11 is 0. The first kappa shape index (κ1) is 27.8. The minimum Gasteiger partial charge on any atom is -0.459 e. The molecular weight excluding hydrogens is 400 g/mol. The van der Waals surface area contributed by atoms with E-state index in [2.05, 4.69) is 0 Å². The van der Waals surface area contributed by atoms with E-state index in [-0.39, 0.29) is 39.3 Å². The predicted octanol–water partition coefficient (Wildman–Crippen LogP) is 1.04. The van der Waals surface area contributed by atoms with Crippen LogP contribution in [0.4, 0.5) is 0 Å². The van der Waals surface area contributed by atoms with Gasteiger partial charge in [-0.15, -0.1) is 0 Å². The monoisotopic (exact) mass is 434 g/mol. The average molecular weight is 434 g/mol. The normalized spacial score (nSPS) is 12.5. The first-order valence-corrected chi connectivity index (χ1v) is 10.3. The van der Waals surface area contributed by atoms with Gasteiger partial charge < -0.3 is 29.2 Å². The predicted molar refractivity (Wildman–Crippen MR) is 104 cm³/mol. The highest BCUT2D eigenvalue weighted by atomic mass is 16.6. The lowest BCUT2D eigenvalue weighted by Gasteiger charge is -2.14. The Morgan fingerprint density at radius 2 is 1.00 bits per heavy atom. The van der Waals surface area contributed by atoms with Gasteiger partial charge in [0.05, 0.1) is 0 Å². The van der Waals surface area contributed by atoms with Crippen LogP contribution in [0, 0.1) is 0 Å². The zero-order chi connectivity index (χ0) is 22.8. The maximum absolute atomic E-state index is 11.8. The summed E-state index contributed by atoms with van der Waals surface area (Å²) in [7, 11) is 0. The zero-order valence-electron chi connectivity index (χ0n) is 17.8. The van der Waals surface area contributed by atoms with E-state index in [0.29, 0.717) is 38.5 Å². The fraction of sp³-hybridized carbons (Fsp3) is 0.800. The van der Waals surface area contributed by atoms with Crippen LogP contribution in [0.3, 0.4) is 0 Å². The third kappa shape index (κ3) is 14.7. The molecule has 0 aliphatic heterocycles. The third-order valence-corrected chi connectivity index (χ3v) is 3.93. The largest absolute Gasteiger partial charge is 0.459 e. The van der Waals surface area contributed by atoms with Crippen molar-refractivity contribution in [3.05, 3.63) is 0 Å². The molecule has 0 spiro atoms. The van der Waals surface area contributed by atoms with Crippen LogP contribution in [0.1, 0.15) is 65.2 Å². The summed E-state index contributed by atoms with van der Waals surface area (Å²) < 4.78 is 19.7. The molecule has 0 amide bonds. The molecule has 0 heterocycles. The molecule has 2 N–H and O–H groups in total. The number of hydrogen-bond acceptors (Lipinski definition) is 10. The molecule has 0 aromatic heterocycles. The number of rotatable bonds is 17. The van der Waals surface area contributed by atoms with Crippen molar-refractivity contribution in [2.45, 2.75) is 77.4 Å². The van der Waals surface area contributed by atoms with E-state index in [1.807, 2.05) is 0 Å². The molecule has 0 aromatic rings. The number of unbranched alkanes of at least 4 members (excludes halogenated alkanes) is 4. The Kier molecular flexibility index (Phi) is 16.3. The van der Waals surface area contributed by atoms with Gasteiger partial charge in [0.25, 0.3) is 0 Å². The summed E-state index contributed by atoms with van der Waals surface area (Å²) in [6.07, 6.45) is 1.82. The summed E-state index contributed by atoms with van der Waals surface area (Å²) in [5.41, 5.74) is 0. The molecule has 2 unspecified atom stereocenters. The summed E-state index contributed by atoms with van der Waals surface area (Å²) in [4.78, 5) is 46.7. The number of aliphatic hydroxyl groups excluding tert-OH is 2. The number of esters is 4. The molecular formula is C20H34O10. The molecule has 0 aliphatic carbocycles. The summed E-state index contributed by atoms with van der Waals surface area (Å²) in [5.74, 6) is -2.60. The van der Waals surface area contributed by atoms with Gasteiger partial charge in [-0.3, -0.25) is 9.59 Å². The fourth-order valence-corrected chi connectivity index (χ4v) is 2.24. The van der Waals surface area contributed by atoms with Crippen molar-refractivity contribution in [1.29, 1.82) is 0 Å². The van der Waals surface area contributed by atoms with E-state index in [9.17, 15) is 19.2 Å². The minimum absolute atomic E-state index is 0.0645. The van der Waals surface area contributed by atoms with Crippen LogP contribution in [0.25, 0.3) is 0 Å². The lowest BCUT2D eigenvalue weighted by atomic mass is 10.2.